The highest BCUT2D eigenvalue weighted by Gasteiger charge is 2.27. The van der Waals surface area contributed by atoms with E-state index in [2.05, 4.69) is 10.6 Å². The predicted octanol–water partition coefficient (Wildman–Crippen LogP) is 3.77. The van der Waals surface area contributed by atoms with Crippen molar-refractivity contribution in [1.82, 2.24) is 4.90 Å². The van der Waals surface area contributed by atoms with Gasteiger partial charge in [-0.05, 0) is 57.5 Å². The summed E-state index contributed by atoms with van der Waals surface area (Å²) in [6.45, 7) is 6.48. The average molecular weight is 426 g/mol. The third kappa shape index (κ3) is 6.72. The highest BCUT2D eigenvalue weighted by Crippen LogP contribution is 2.30. The maximum absolute atomic E-state index is 12.6. The van der Waals surface area contributed by atoms with E-state index in [0.29, 0.717) is 36.9 Å². The first-order valence-electron chi connectivity index (χ1n) is 10.9. The van der Waals surface area contributed by atoms with Crippen molar-refractivity contribution in [2.75, 3.05) is 43.5 Å². The molecule has 2 aromatic rings. The van der Waals surface area contributed by atoms with Crippen LogP contribution in [0.3, 0.4) is 0 Å². The average Bonchev–Trinajstić information content (AvgIpc) is 2.76. The van der Waals surface area contributed by atoms with Gasteiger partial charge < -0.3 is 20.1 Å². The molecular weight excluding hydrogens is 394 g/mol. The normalized spacial score (nSPS) is 16.4. The number of carbonyl (C=O) groups is 2. The summed E-state index contributed by atoms with van der Waals surface area (Å²) in [6.07, 6.45) is 1.71. The van der Waals surface area contributed by atoms with Gasteiger partial charge in [-0.1, -0.05) is 18.2 Å². The van der Waals surface area contributed by atoms with Crippen LogP contribution in [0.1, 0.15) is 26.7 Å². The number of piperidine rings is 1. The fourth-order valence-corrected chi connectivity index (χ4v) is 3.71. The van der Waals surface area contributed by atoms with E-state index in [-0.39, 0.29) is 24.3 Å². The summed E-state index contributed by atoms with van der Waals surface area (Å²) in [6, 6.07) is 14.8. The summed E-state index contributed by atoms with van der Waals surface area (Å²) in [5, 5.41) is 5.89. The Labute approximate surface area is 183 Å². The molecule has 1 heterocycles. The number of carbonyl (C=O) groups excluding carboxylic acids is 2. The van der Waals surface area contributed by atoms with Crippen molar-refractivity contribution in [2.45, 2.75) is 26.7 Å². The molecule has 7 nitrogen and oxygen atoms in total. The van der Waals surface area contributed by atoms with Gasteiger partial charge in [0.2, 0.25) is 11.8 Å². The van der Waals surface area contributed by atoms with Gasteiger partial charge in [0.05, 0.1) is 25.7 Å². The fourth-order valence-electron chi connectivity index (χ4n) is 3.71. The Hall–Kier alpha value is -3.06. The Morgan fingerprint density at radius 1 is 0.968 bits per heavy atom. The van der Waals surface area contributed by atoms with Crippen LogP contribution in [0.5, 0.6) is 11.5 Å². The van der Waals surface area contributed by atoms with E-state index in [9.17, 15) is 9.59 Å². The largest absolute Gasteiger partial charge is 0.490 e. The maximum Gasteiger partial charge on any atom is 0.238 e. The van der Waals surface area contributed by atoms with Crippen LogP contribution in [0.2, 0.25) is 0 Å². The Morgan fingerprint density at radius 3 is 2.45 bits per heavy atom. The van der Waals surface area contributed by atoms with Gasteiger partial charge in [0.25, 0.3) is 0 Å². The molecular formula is C24H31N3O4. The number of hydrogen-bond donors (Lipinski definition) is 2. The smallest absolute Gasteiger partial charge is 0.238 e. The number of ether oxygens (including phenoxy) is 2. The van der Waals surface area contributed by atoms with Gasteiger partial charge in [-0.2, -0.15) is 0 Å². The summed E-state index contributed by atoms with van der Waals surface area (Å²) in [5.74, 6) is 1.03. The zero-order valence-corrected chi connectivity index (χ0v) is 18.2. The lowest BCUT2D eigenvalue weighted by molar-refractivity contribution is -0.123. The number of nitrogens with one attached hydrogen (secondary N) is 2. The number of nitrogens with zero attached hydrogens (tertiary/aromatic N) is 1. The quantitative estimate of drug-likeness (QED) is 0.639. The molecule has 0 unspecified atom stereocenters. The van der Waals surface area contributed by atoms with E-state index in [1.54, 1.807) is 18.2 Å². The van der Waals surface area contributed by atoms with Crippen molar-refractivity contribution in [2.24, 2.45) is 5.92 Å². The van der Waals surface area contributed by atoms with Crippen molar-refractivity contribution < 1.29 is 19.1 Å². The zero-order chi connectivity index (χ0) is 22.1. The number of anilines is 2. The van der Waals surface area contributed by atoms with E-state index in [1.807, 2.05) is 49.1 Å². The molecule has 1 fully saturated rings. The Kier molecular flexibility index (Phi) is 8.29. The summed E-state index contributed by atoms with van der Waals surface area (Å²) in [5.41, 5.74) is 1.45. The SMILES string of the molecule is CCOc1ccc(NC(=O)CN2CCC[C@@H](C(=O)Nc3ccccc3)C2)cc1OCC. The summed E-state index contributed by atoms with van der Waals surface area (Å²) in [4.78, 5) is 27.2. The molecule has 0 radical (unpaired) electrons. The molecule has 0 aromatic heterocycles. The van der Waals surface area contributed by atoms with Crippen LogP contribution in [-0.4, -0.2) is 49.6 Å². The molecule has 2 N–H and O–H groups in total. The van der Waals surface area contributed by atoms with E-state index >= 15 is 0 Å². The van der Waals surface area contributed by atoms with Gasteiger partial charge in [0.1, 0.15) is 0 Å². The van der Waals surface area contributed by atoms with E-state index in [1.165, 1.54) is 0 Å². The summed E-state index contributed by atoms with van der Waals surface area (Å²) in [7, 11) is 0. The lowest BCUT2D eigenvalue weighted by Gasteiger charge is -2.31. The van der Waals surface area contributed by atoms with E-state index in [0.717, 1.165) is 25.1 Å². The van der Waals surface area contributed by atoms with Gasteiger partial charge in [-0.15, -0.1) is 0 Å². The van der Waals surface area contributed by atoms with Crippen LogP contribution in [-0.2, 0) is 9.59 Å². The molecule has 0 saturated carbocycles. The van der Waals surface area contributed by atoms with Crippen molar-refractivity contribution in [3.8, 4) is 11.5 Å². The molecule has 1 saturated heterocycles. The first-order valence-corrected chi connectivity index (χ1v) is 10.9. The highest BCUT2D eigenvalue weighted by molar-refractivity contribution is 5.94. The number of benzene rings is 2. The number of rotatable bonds is 9. The van der Waals surface area contributed by atoms with Crippen LogP contribution < -0.4 is 20.1 Å². The molecule has 0 aliphatic carbocycles. The van der Waals surface area contributed by atoms with Gasteiger partial charge in [0.15, 0.2) is 11.5 Å². The van der Waals surface area contributed by atoms with E-state index < -0.39 is 0 Å². The number of amides is 2. The maximum atomic E-state index is 12.6. The van der Waals surface area contributed by atoms with E-state index in [4.69, 9.17) is 9.47 Å². The monoisotopic (exact) mass is 425 g/mol. The van der Waals surface area contributed by atoms with Crippen molar-refractivity contribution in [1.29, 1.82) is 0 Å². The zero-order valence-electron chi connectivity index (χ0n) is 18.2. The third-order valence-corrected chi connectivity index (χ3v) is 5.11. The van der Waals surface area contributed by atoms with Gasteiger partial charge in [-0.3, -0.25) is 14.5 Å². The number of likely N-dealkylation sites (tertiary alicyclic amines) is 1. The Morgan fingerprint density at radius 2 is 1.71 bits per heavy atom. The van der Waals surface area contributed by atoms with Crippen molar-refractivity contribution >= 4 is 23.2 Å². The van der Waals surface area contributed by atoms with Crippen LogP contribution in [0.25, 0.3) is 0 Å². The summed E-state index contributed by atoms with van der Waals surface area (Å²) >= 11 is 0. The van der Waals surface area contributed by atoms with Crippen LogP contribution >= 0.6 is 0 Å². The van der Waals surface area contributed by atoms with Gasteiger partial charge >= 0.3 is 0 Å². The summed E-state index contributed by atoms with van der Waals surface area (Å²) < 4.78 is 11.2. The molecule has 7 heteroatoms. The molecule has 31 heavy (non-hydrogen) atoms. The molecule has 1 atom stereocenters. The lowest BCUT2D eigenvalue weighted by atomic mass is 9.97. The van der Waals surface area contributed by atoms with Crippen LogP contribution in [0, 0.1) is 5.92 Å². The lowest BCUT2D eigenvalue weighted by Crippen LogP contribution is -2.43. The second-order valence-corrected chi connectivity index (χ2v) is 7.51. The van der Waals surface area contributed by atoms with Gasteiger partial charge in [-0.25, -0.2) is 0 Å². The molecule has 1 aliphatic heterocycles. The Balaban J connectivity index is 1.54. The standard InChI is InChI=1S/C24H31N3O4/c1-3-30-21-13-12-20(15-22(21)31-4-2)25-23(28)17-27-14-8-9-18(16-27)24(29)26-19-10-6-5-7-11-19/h5-7,10-13,15,18H,3-4,8-9,14,16-17H2,1-2H3,(H,25,28)(H,26,29)/t18-/m1/s1. The first kappa shape index (κ1) is 22.6. The molecule has 2 amide bonds. The molecule has 2 aromatic carbocycles. The van der Waals surface area contributed by atoms with Crippen molar-refractivity contribution in [3.05, 3.63) is 48.5 Å². The first-order chi connectivity index (χ1) is 15.1. The predicted molar refractivity (Wildman–Crippen MR) is 122 cm³/mol. The van der Waals surface area contributed by atoms with Gasteiger partial charge in [0, 0.05) is 24.0 Å². The third-order valence-electron chi connectivity index (χ3n) is 5.11. The van der Waals surface area contributed by atoms with Crippen molar-refractivity contribution in [3.63, 3.8) is 0 Å². The second kappa shape index (κ2) is 11.4. The molecule has 0 bridgehead atoms. The number of hydrogen-bond acceptors (Lipinski definition) is 5. The minimum Gasteiger partial charge on any atom is -0.490 e. The molecule has 1 aliphatic rings. The topological polar surface area (TPSA) is 79.9 Å². The van der Waals surface area contributed by atoms with Crippen LogP contribution in [0.15, 0.2) is 48.5 Å². The Bertz CT molecular complexity index is 872. The molecule has 0 spiro atoms. The number of para-hydroxylation sites is 1. The second-order valence-electron chi connectivity index (χ2n) is 7.51. The highest BCUT2D eigenvalue weighted by atomic mass is 16.5. The molecule has 3 rings (SSSR count). The minimum absolute atomic E-state index is 0.00387. The fraction of sp³-hybridized carbons (Fsp3) is 0.417. The van der Waals surface area contributed by atoms with Crippen LogP contribution in [0.4, 0.5) is 11.4 Å². The minimum atomic E-state index is -0.128. The molecule has 166 valence electrons.